The molecule has 7 heteroatoms. The minimum atomic E-state index is -0.333. The number of aromatic nitrogens is 2. The molecule has 0 radical (unpaired) electrons. The lowest BCUT2D eigenvalue weighted by atomic mass is 10.2. The minimum absolute atomic E-state index is 0.123. The smallest absolute Gasteiger partial charge is 0.333 e. The van der Waals surface area contributed by atoms with Crippen LogP contribution in [-0.4, -0.2) is 32.3 Å². The van der Waals surface area contributed by atoms with Crippen LogP contribution < -0.4 is 5.32 Å². The van der Waals surface area contributed by atoms with E-state index in [0.717, 1.165) is 17.9 Å². The number of nitrogens with one attached hydrogen (secondary N) is 1. The van der Waals surface area contributed by atoms with Crippen LogP contribution in [0.1, 0.15) is 32.9 Å². The quantitative estimate of drug-likeness (QED) is 0.587. The lowest BCUT2D eigenvalue weighted by Gasteiger charge is -2.13. The van der Waals surface area contributed by atoms with Gasteiger partial charge in [-0.1, -0.05) is 20.3 Å². The highest BCUT2D eigenvalue weighted by molar-refractivity contribution is 7.99. The van der Waals surface area contributed by atoms with Crippen LogP contribution in [0.3, 0.4) is 0 Å². The number of anilines is 1. The molecule has 1 unspecified atom stereocenters. The molecule has 108 valence electrons. The molecule has 0 aliphatic rings. The summed E-state index contributed by atoms with van der Waals surface area (Å²) in [6, 6.07) is 0.175. The molecule has 1 atom stereocenters. The van der Waals surface area contributed by atoms with E-state index in [-0.39, 0.29) is 16.7 Å². The van der Waals surface area contributed by atoms with Crippen molar-refractivity contribution in [3.05, 3.63) is 15.8 Å². The average molecular weight is 286 g/mol. The van der Waals surface area contributed by atoms with E-state index < -0.39 is 0 Å². The molecule has 0 spiro atoms. The molecular weight excluding hydrogens is 264 g/mol. The predicted octanol–water partition coefficient (Wildman–Crippen LogP) is 2.83. The number of hydrogen-bond donors (Lipinski definition) is 1. The Labute approximate surface area is 118 Å². The van der Waals surface area contributed by atoms with Gasteiger partial charge in [0, 0.05) is 18.8 Å². The second-order valence-corrected chi connectivity index (χ2v) is 5.80. The molecule has 19 heavy (non-hydrogen) atoms. The molecule has 6 nitrogen and oxygen atoms in total. The predicted molar refractivity (Wildman–Crippen MR) is 79.9 cm³/mol. The van der Waals surface area contributed by atoms with Crippen molar-refractivity contribution in [3.8, 4) is 0 Å². The van der Waals surface area contributed by atoms with Gasteiger partial charge in [0.1, 0.15) is 5.69 Å². The van der Waals surface area contributed by atoms with Crippen molar-refractivity contribution in [1.29, 1.82) is 0 Å². The maximum absolute atomic E-state index is 11.2. The molecule has 1 heterocycles. The van der Waals surface area contributed by atoms with E-state index in [2.05, 4.69) is 17.3 Å². The number of hydrogen-bond acceptors (Lipinski definition) is 5. The van der Waals surface area contributed by atoms with Gasteiger partial charge in [0.05, 0.1) is 4.92 Å². The molecule has 0 aliphatic carbocycles. The van der Waals surface area contributed by atoms with Crippen molar-refractivity contribution in [2.24, 2.45) is 7.05 Å². The Morgan fingerprint density at radius 3 is 2.74 bits per heavy atom. The highest BCUT2D eigenvalue weighted by atomic mass is 32.2. The summed E-state index contributed by atoms with van der Waals surface area (Å²) in [5.74, 6) is 2.47. The fourth-order valence-corrected chi connectivity index (χ4v) is 2.57. The van der Waals surface area contributed by atoms with Crippen LogP contribution >= 0.6 is 11.8 Å². The normalized spacial score (nSPS) is 12.4. The largest absolute Gasteiger partial charge is 0.361 e. The van der Waals surface area contributed by atoms with Crippen LogP contribution in [-0.2, 0) is 13.5 Å². The Morgan fingerprint density at radius 1 is 1.53 bits per heavy atom. The first-order valence-electron chi connectivity index (χ1n) is 6.55. The molecule has 0 bridgehead atoms. The fraction of sp³-hybridized carbons (Fsp3) is 0.750. The fourth-order valence-electron chi connectivity index (χ4n) is 1.90. The van der Waals surface area contributed by atoms with Crippen molar-refractivity contribution >= 4 is 23.3 Å². The van der Waals surface area contributed by atoms with Crippen LogP contribution in [0.5, 0.6) is 0 Å². The van der Waals surface area contributed by atoms with Crippen LogP contribution in [0, 0.1) is 10.1 Å². The molecule has 1 aromatic heterocycles. The summed E-state index contributed by atoms with van der Waals surface area (Å²) in [6.07, 6.45) is 1.47. The van der Waals surface area contributed by atoms with Gasteiger partial charge in [0.15, 0.2) is 0 Å². The summed E-state index contributed by atoms with van der Waals surface area (Å²) in [5, 5.41) is 18.7. The van der Waals surface area contributed by atoms with Crippen molar-refractivity contribution in [3.63, 3.8) is 0 Å². The first kappa shape index (κ1) is 15.8. The van der Waals surface area contributed by atoms with Crippen LogP contribution in [0.2, 0.25) is 0 Å². The first-order chi connectivity index (χ1) is 9.01. The molecule has 0 saturated carbocycles. The lowest BCUT2D eigenvalue weighted by molar-refractivity contribution is -0.384. The van der Waals surface area contributed by atoms with E-state index >= 15 is 0 Å². The molecule has 0 aliphatic heterocycles. The summed E-state index contributed by atoms with van der Waals surface area (Å²) in [7, 11) is 1.74. The van der Waals surface area contributed by atoms with Gasteiger partial charge in [-0.2, -0.15) is 16.9 Å². The van der Waals surface area contributed by atoms with E-state index in [1.54, 1.807) is 11.7 Å². The zero-order valence-electron chi connectivity index (χ0n) is 12.0. The summed E-state index contributed by atoms with van der Waals surface area (Å²) < 4.78 is 1.58. The molecule has 0 fully saturated rings. The minimum Gasteiger partial charge on any atom is -0.361 e. The van der Waals surface area contributed by atoms with Crippen molar-refractivity contribution in [1.82, 2.24) is 9.78 Å². The highest BCUT2D eigenvalue weighted by Gasteiger charge is 2.26. The van der Waals surface area contributed by atoms with Gasteiger partial charge < -0.3 is 5.32 Å². The van der Waals surface area contributed by atoms with Crippen molar-refractivity contribution < 1.29 is 4.92 Å². The standard InChI is InChI=1S/C12H22N4O2S/c1-5-7-10-11(16(17)18)12(15(4)14-10)13-9(3)8-19-6-2/h9,13H,5-8H2,1-4H3. The Balaban J connectivity index is 2.95. The third kappa shape index (κ3) is 4.12. The average Bonchev–Trinajstić information content (AvgIpc) is 2.64. The Hall–Kier alpha value is -1.24. The molecule has 0 saturated heterocycles. The SMILES string of the molecule is CCCc1nn(C)c(NC(C)CSCC)c1[N+](=O)[O-]. The number of thioether (sulfide) groups is 1. The van der Waals surface area contributed by atoms with Gasteiger partial charge in [-0.15, -0.1) is 0 Å². The third-order valence-corrected chi connectivity index (χ3v) is 3.86. The summed E-state index contributed by atoms with van der Waals surface area (Å²) in [6.45, 7) is 6.12. The third-order valence-electron chi connectivity index (χ3n) is 2.72. The zero-order chi connectivity index (χ0) is 14.4. The van der Waals surface area contributed by atoms with Crippen LogP contribution in [0.15, 0.2) is 0 Å². The Kier molecular flexibility index (Phi) is 6.14. The maximum Gasteiger partial charge on any atom is 0.333 e. The molecule has 0 amide bonds. The van der Waals surface area contributed by atoms with Gasteiger partial charge >= 0.3 is 5.69 Å². The van der Waals surface area contributed by atoms with E-state index in [4.69, 9.17) is 0 Å². The molecule has 1 aromatic rings. The van der Waals surface area contributed by atoms with Gasteiger partial charge in [-0.3, -0.25) is 10.1 Å². The highest BCUT2D eigenvalue weighted by Crippen LogP contribution is 2.29. The van der Waals surface area contributed by atoms with Crippen molar-refractivity contribution in [2.75, 3.05) is 16.8 Å². The van der Waals surface area contributed by atoms with E-state index in [0.29, 0.717) is 17.9 Å². The van der Waals surface area contributed by atoms with E-state index in [1.807, 2.05) is 25.6 Å². The second kappa shape index (κ2) is 7.37. The number of aryl methyl sites for hydroxylation is 2. The summed E-state index contributed by atoms with van der Waals surface area (Å²) >= 11 is 1.81. The Bertz CT molecular complexity index is 434. The van der Waals surface area contributed by atoms with Gasteiger partial charge in [0.2, 0.25) is 5.82 Å². The van der Waals surface area contributed by atoms with Gasteiger partial charge in [0.25, 0.3) is 0 Å². The Morgan fingerprint density at radius 2 is 2.21 bits per heavy atom. The number of rotatable bonds is 8. The van der Waals surface area contributed by atoms with E-state index in [1.165, 1.54) is 0 Å². The van der Waals surface area contributed by atoms with Gasteiger partial charge in [-0.05, 0) is 19.1 Å². The summed E-state index contributed by atoms with van der Waals surface area (Å²) in [5.41, 5.74) is 0.686. The number of nitrogens with zero attached hydrogens (tertiary/aromatic N) is 3. The molecular formula is C12H22N4O2S. The molecule has 1 N–H and O–H groups in total. The first-order valence-corrected chi connectivity index (χ1v) is 7.71. The van der Waals surface area contributed by atoms with Gasteiger partial charge in [-0.25, -0.2) is 4.68 Å². The van der Waals surface area contributed by atoms with Crippen molar-refractivity contribution in [2.45, 2.75) is 39.7 Å². The number of nitro groups is 1. The van der Waals surface area contributed by atoms with Crippen LogP contribution in [0.4, 0.5) is 11.5 Å². The maximum atomic E-state index is 11.2. The lowest BCUT2D eigenvalue weighted by Crippen LogP contribution is -2.20. The van der Waals surface area contributed by atoms with E-state index in [9.17, 15) is 10.1 Å². The molecule has 1 rings (SSSR count). The van der Waals surface area contributed by atoms with Crippen LogP contribution in [0.25, 0.3) is 0 Å². The molecule has 0 aromatic carbocycles. The summed E-state index contributed by atoms with van der Waals surface area (Å²) in [4.78, 5) is 10.9. The zero-order valence-corrected chi connectivity index (χ0v) is 12.8. The monoisotopic (exact) mass is 286 g/mol. The topological polar surface area (TPSA) is 73.0 Å². The second-order valence-electron chi connectivity index (χ2n) is 4.48.